The van der Waals surface area contributed by atoms with E-state index in [2.05, 4.69) is 10.0 Å². The predicted octanol–water partition coefficient (Wildman–Crippen LogP) is 1.80. The maximum absolute atomic E-state index is 12.7. The van der Waals surface area contributed by atoms with Gasteiger partial charge in [0.1, 0.15) is 0 Å². The molecule has 10 nitrogen and oxygen atoms in total. The lowest BCUT2D eigenvalue weighted by Crippen LogP contribution is -2.40. The molecule has 12 heteroatoms. The largest absolute Gasteiger partial charge is 0.450 e. The van der Waals surface area contributed by atoms with Crippen LogP contribution in [-0.2, 0) is 35.9 Å². The molecule has 1 aliphatic rings. The van der Waals surface area contributed by atoms with E-state index in [1.807, 2.05) is 0 Å². The summed E-state index contributed by atoms with van der Waals surface area (Å²) in [6.45, 7) is 3.46. The molecular formula is C21H27N3O7S2. The van der Waals surface area contributed by atoms with Crippen molar-refractivity contribution in [2.24, 2.45) is 0 Å². The highest BCUT2D eigenvalue weighted by molar-refractivity contribution is 7.89. The van der Waals surface area contributed by atoms with Crippen LogP contribution in [0.3, 0.4) is 0 Å². The van der Waals surface area contributed by atoms with Gasteiger partial charge in [0.05, 0.1) is 29.6 Å². The molecule has 1 saturated heterocycles. The number of hydrogen-bond acceptors (Lipinski definition) is 7. The highest BCUT2D eigenvalue weighted by Gasteiger charge is 2.26. The first kappa shape index (κ1) is 25.1. The number of nitrogens with one attached hydrogen (secondary N) is 2. The SMILES string of the molecule is CCOC(=O)Nc1ccc(S(=O)(=O)NCCc2ccc(S(=O)(=O)N3CCOCC3)cc2)cc1. The van der Waals surface area contributed by atoms with Crippen LogP contribution >= 0.6 is 0 Å². The van der Waals surface area contributed by atoms with Crippen molar-refractivity contribution in [3.8, 4) is 0 Å². The van der Waals surface area contributed by atoms with Gasteiger partial charge in [-0.05, 0) is 55.3 Å². The second-order valence-corrected chi connectivity index (χ2v) is 10.9. The van der Waals surface area contributed by atoms with Crippen LogP contribution in [0.25, 0.3) is 0 Å². The van der Waals surface area contributed by atoms with E-state index in [-0.39, 0.29) is 22.9 Å². The van der Waals surface area contributed by atoms with Crippen LogP contribution in [0.5, 0.6) is 0 Å². The molecule has 0 aliphatic carbocycles. The van der Waals surface area contributed by atoms with Crippen molar-refractivity contribution in [3.63, 3.8) is 0 Å². The number of rotatable bonds is 9. The van der Waals surface area contributed by atoms with Crippen molar-refractivity contribution >= 4 is 31.8 Å². The molecule has 180 valence electrons. The van der Waals surface area contributed by atoms with E-state index in [1.54, 1.807) is 19.1 Å². The van der Waals surface area contributed by atoms with Gasteiger partial charge < -0.3 is 9.47 Å². The van der Waals surface area contributed by atoms with Gasteiger partial charge in [0, 0.05) is 25.3 Å². The fraction of sp³-hybridized carbons (Fsp3) is 0.381. The lowest BCUT2D eigenvalue weighted by Gasteiger charge is -2.26. The molecular weight excluding hydrogens is 470 g/mol. The summed E-state index contributed by atoms with van der Waals surface area (Å²) in [6, 6.07) is 12.1. The Bertz CT molecular complexity index is 1140. The minimum atomic E-state index is -3.74. The second-order valence-electron chi connectivity index (χ2n) is 7.18. The quantitative estimate of drug-likeness (QED) is 0.540. The molecule has 1 aliphatic heterocycles. The first-order valence-corrected chi connectivity index (χ1v) is 13.3. The zero-order valence-corrected chi connectivity index (χ0v) is 19.8. The highest BCUT2D eigenvalue weighted by atomic mass is 32.2. The summed E-state index contributed by atoms with van der Waals surface area (Å²) in [7, 11) is -7.31. The first-order valence-electron chi connectivity index (χ1n) is 10.4. The monoisotopic (exact) mass is 497 g/mol. The zero-order chi connectivity index (χ0) is 23.9. The van der Waals surface area contributed by atoms with E-state index < -0.39 is 26.1 Å². The Kier molecular flexibility index (Phi) is 8.43. The summed E-state index contributed by atoms with van der Waals surface area (Å²) < 4.78 is 64.2. The molecule has 3 rings (SSSR count). The minimum Gasteiger partial charge on any atom is -0.450 e. The van der Waals surface area contributed by atoms with Gasteiger partial charge in [0.15, 0.2) is 0 Å². The Morgan fingerprint density at radius 1 is 0.970 bits per heavy atom. The molecule has 0 aromatic heterocycles. The number of anilines is 1. The first-order chi connectivity index (χ1) is 15.7. The van der Waals surface area contributed by atoms with Crippen molar-refractivity contribution in [1.29, 1.82) is 0 Å². The maximum Gasteiger partial charge on any atom is 0.411 e. The normalized spacial score (nSPS) is 15.2. The van der Waals surface area contributed by atoms with Gasteiger partial charge in [0.25, 0.3) is 0 Å². The lowest BCUT2D eigenvalue weighted by molar-refractivity contribution is 0.0730. The summed E-state index contributed by atoms with van der Waals surface area (Å²) in [4.78, 5) is 11.7. The van der Waals surface area contributed by atoms with Crippen LogP contribution in [0.2, 0.25) is 0 Å². The molecule has 2 aromatic carbocycles. The molecule has 1 heterocycles. The smallest absolute Gasteiger partial charge is 0.411 e. The third-order valence-electron chi connectivity index (χ3n) is 4.92. The van der Waals surface area contributed by atoms with Crippen molar-refractivity contribution in [1.82, 2.24) is 9.03 Å². The second kappa shape index (κ2) is 11.1. The fourth-order valence-corrected chi connectivity index (χ4v) is 5.62. The number of carbonyl (C=O) groups is 1. The van der Waals surface area contributed by atoms with E-state index in [0.717, 1.165) is 5.56 Å². The van der Waals surface area contributed by atoms with Crippen LogP contribution in [0, 0.1) is 0 Å². The lowest BCUT2D eigenvalue weighted by atomic mass is 10.2. The van der Waals surface area contributed by atoms with Crippen molar-refractivity contribution in [2.75, 3.05) is 44.8 Å². The number of ether oxygens (including phenoxy) is 2. The standard InChI is InChI=1S/C21H27N3O7S2/c1-2-31-21(25)23-18-5-9-19(10-6-18)32(26,27)22-12-11-17-3-7-20(8-4-17)33(28,29)24-13-15-30-16-14-24/h3-10,22H,2,11-16H2,1H3,(H,23,25). The highest BCUT2D eigenvalue weighted by Crippen LogP contribution is 2.18. The summed E-state index contributed by atoms with van der Waals surface area (Å²) >= 11 is 0. The topological polar surface area (TPSA) is 131 Å². The van der Waals surface area contributed by atoms with Gasteiger partial charge in [-0.1, -0.05) is 12.1 Å². The molecule has 33 heavy (non-hydrogen) atoms. The summed E-state index contributed by atoms with van der Waals surface area (Å²) in [5.74, 6) is 0. The van der Waals surface area contributed by atoms with E-state index in [4.69, 9.17) is 9.47 Å². The van der Waals surface area contributed by atoms with Gasteiger partial charge in [-0.25, -0.2) is 26.4 Å². The Labute approximate surface area is 194 Å². The maximum atomic E-state index is 12.7. The van der Waals surface area contributed by atoms with Gasteiger partial charge in [-0.3, -0.25) is 5.32 Å². The van der Waals surface area contributed by atoms with Crippen molar-refractivity contribution in [3.05, 3.63) is 54.1 Å². The van der Waals surface area contributed by atoms with E-state index in [0.29, 0.717) is 38.4 Å². The molecule has 0 unspecified atom stereocenters. The Balaban J connectivity index is 1.54. The van der Waals surface area contributed by atoms with Gasteiger partial charge in [-0.15, -0.1) is 0 Å². The summed E-state index contributed by atoms with van der Waals surface area (Å²) in [5, 5.41) is 2.49. The molecule has 0 spiro atoms. The number of sulfonamides is 2. The van der Waals surface area contributed by atoms with E-state index in [1.165, 1.54) is 40.7 Å². The van der Waals surface area contributed by atoms with Crippen LogP contribution in [0.4, 0.5) is 10.5 Å². The Hall–Kier alpha value is -2.51. The molecule has 0 saturated carbocycles. The summed E-state index contributed by atoms with van der Waals surface area (Å²) in [5.41, 5.74) is 1.21. The van der Waals surface area contributed by atoms with Crippen LogP contribution in [-0.4, -0.2) is 66.7 Å². The van der Waals surface area contributed by atoms with Gasteiger partial charge >= 0.3 is 6.09 Å². The molecule has 0 radical (unpaired) electrons. The third kappa shape index (κ3) is 6.74. The van der Waals surface area contributed by atoms with E-state index >= 15 is 0 Å². The number of benzene rings is 2. The van der Waals surface area contributed by atoms with Crippen LogP contribution in [0.15, 0.2) is 58.3 Å². The number of nitrogens with zero attached hydrogens (tertiary/aromatic N) is 1. The molecule has 1 fully saturated rings. The fourth-order valence-electron chi connectivity index (χ4n) is 3.18. The Morgan fingerprint density at radius 2 is 1.58 bits per heavy atom. The number of morpholine rings is 1. The van der Waals surface area contributed by atoms with Crippen molar-refractivity contribution in [2.45, 2.75) is 23.1 Å². The minimum absolute atomic E-state index is 0.0591. The number of hydrogen-bond donors (Lipinski definition) is 2. The van der Waals surface area contributed by atoms with Gasteiger partial charge in [0.2, 0.25) is 20.0 Å². The number of amides is 1. The summed E-state index contributed by atoms with van der Waals surface area (Å²) in [6.07, 6.45) is -0.227. The molecule has 1 amide bonds. The average Bonchev–Trinajstić information content (AvgIpc) is 2.80. The average molecular weight is 498 g/mol. The zero-order valence-electron chi connectivity index (χ0n) is 18.2. The Morgan fingerprint density at radius 3 is 2.18 bits per heavy atom. The molecule has 2 N–H and O–H groups in total. The van der Waals surface area contributed by atoms with Gasteiger partial charge in [-0.2, -0.15) is 4.31 Å². The molecule has 0 atom stereocenters. The number of carbonyl (C=O) groups excluding carboxylic acids is 1. The molecule has 2 aromatic rings. The van der Waals surface area contributed by atoms with Crippen LogP contribution < -0.4 is 10.0 Å². The van der Waals surface area contributed by atoms with Crippen LogP contribution in [0.1, 0.15) is 12.5 Å². The third-order valence-corrected chi connectivity index (χ3v) is 8.31. The molecule has 0 bridgehead atoms. The van der Waals surface area contributed by atoms with Crippen molar-refractivity contribution < 1.29 is 31.1 Å². The predicted molar refractivity (Wildman–Crippen MR) is 122 cm³/mol. The van der Waals surface area contributed by atoms with E-state index in [9.17, 15) is 21.6 Å².